The van der Waals surface area contributed by atoms with E-state index in [-0.39, 0.29) is 11.4 Å². The van der Waals surface area contributed by atoms with Gasteiger partial charge < -0.3 is 9.15 Å². The van der Waals surface area contributed by atoms with E-state index in [9.17, 15) is 4.79 Å². The Labute approximate surface area is 255 Å². The third-order valence-electron chi connectivity index (χ3n) is 6.09. The first-order valence-electron chi connectivity index (χ1n) is 12.0. The van der Waals surface area contributed by atoms with Crippen LogP contribution in [-0.4, -0.2) is 15.9 Å². The summed E-state index contributed by atoms with van der Waals surface area (Å²) in [4.78, 5) is 18.3. The zero-order chi connectivity index (χ0) is 27.8. The van der Waals surface area contributed by atoms with Gasteiger partial charge in [0.15, 0.2) is 5.76 Å². The molecule has 0 spiro atoms. The molecule has 0 bridgehead atoms. The molecule has 0 aliphatic rings. The minimum absolute atomic E-state index is 0.272. The molecule has 0 amide bonds. The molecule has 2 aromatic heterocycles. The molecule has 6 nitrogen and oxygen atoms in total. The number of para-hydroxylation sites is 1. The molecule has 0 fully saturated rings. The summed E-state index contributed by atoms with van der Waals surface area (Å²) in [5, 5.41) is 7.03. The second-order valence-corrected chi connectivity index (χ2v) is 11.4. The van der Waals surface area contributed by atoms with Crippen LogP contribution in [-0.2, 0) is 6.61 Å². The van der Waals surface area contributed by atoms with Gasteiger partial charge >= 0.3 is 0 Å². The zero-order valence-electron chi connectivity index (χ0n) is 20.4. The third-order valence-corrected chi connectivity index (χ3v) is 7.76. The van der Waals surface area contributed by atoms with Crippen LogP contribution in [0.3, 0.4) is 0 Å². The van der Waals surface area contributed by atoms with Crippen LogP contribution in [0.25, 0.3) is 33.5 Å². The van der Waals surface area contributed by atoms with Crippen LogP contribution in [0.15, 0.2) is 108 Å². The van der Waals surface area contributed by atoms with Crippen molar-refractivity contribution in [2.45, 2.75) is 6.61 Å². The Morgan fingerprint density at radius 2 is 1.65 bits per heavy atom. The first-order chi connectivity index (χ1) is 19.4. The monoisotopic (exact) mass is 695 g/mol. The predicted octanol–water partition coefficient (Wildman–Crippen LogP) is 9.10. The number of benzene rings is 4. The molecule has 0 aliphatic carbocycles. The maximum Gasteiger partial charge on any atom is 0.282 e. The third kappa shape index (κ3) is 5.45. The predicted molar refractivity (Wildman–Crippen MR) is 167 cm³/mol. The van der Waals surface area contributed by atoms with E-state index in [4.69, 9.17) is 37.3 Å². The van der Waals surface area contributed by atoms with Gasteiger partial charge in [0.1, 0.15) is 17.9 Å². The Balaban J connectivity index is 1.37. The molecule has 0 unspecified atom stereocenters. The molecule has 0 aliphatic heterocycles. The number of aromatic nitrogens is 2. The number of ether oxygens (including phenoxy) is 1. The quantitative estimate of drug-likeness (QED) is 0.163. The van der Waals surface area contributed by atoms with Crippen LogP contribution in [0.5, 0.6) is 5.75 Å². The molecule has 40 heavy (non-hydrogen) atoms. The highest BCUT2D eigenvalue weighted by Gasteiger charge is 2.17. The average molecular weight is 698 g/mol. The fourth-order valence-corrected chi connectivity index (χ4v) is 5.92. The van der Waals surface area contributed by atoms with Crippen molar-refractivity contribution in [3.05, 3.63) is 125 Å². The van der Waals surface area contributed by atoms with E-state index in [2.05, 4.69) is 37.0 Å². The number of fused-ring (bicyclic) bond motifs is 2. The van der Waals surface area contributed by atoms with Crippen LogP contribution in [0, 0.1) is 0 Å². The van der Waals surface area contributed by atoms with Gasteiger partial charge in [-0.05, 0) is 104 Å². The van der Waals surface area contributed by atoms with Crippen molar-refractivity contribution in [1.82, 2.24) is 9.66 Å². The SMILES string of the molecule is O=c1c2ccccc2nc(-c2cc3cc(Cl)ccc3o2)n1N=Cc1cc(Br)c(OCc2ccc(Cl)cc2)c(Br)c1. The van der Waals surface area contributed by atoms with Crippen molar-refractivity contribution in [2.75, 3.05) is 0 Å². The van der Waals surface area contributed by atoms with E-state index in [0.717, 1.165) is 25.5 Å². The minimum Gasteiger partial charge on any atom is -0.487 e. The number of halogens is 4. The molecule has 4 aromatic carbocycles. The first kappa shape index (κ1) is 26.8. The van der Waals surface area contributed by atoms with Crippen LogP contribution in [0.1, 0.15) is 11.1 Å². The van der Waals surface area contributed by atoms with Crippen LogP contribution >= 0.6 is 55.1 Å². The van der Waals surface area contributed by atoms with Crippen LogP contribution in [0.2, 0.25) is 10.0 Å². The molecule has 6 aromatic rings. The highest BCUT2D eigenvalue weighted by atomic mass is 79.9. The summed E-state index contributed by atoms with van der Waals surface area (Å²) in [7, 11) is 0. The highest BCUT2D eigenvalue weighted by molar-refractivity contribution is 9.11. The normalized spacial score (nSPS) is 11.6. The smallest absolute Gasteiger partial charge is 0.282 e. The molecule has 10 heteroatoms. The zero-order valence-corrected chi connectivity index (χ0v) is 25.1. The maximum absolute atomic E-state index is 13.5. The molecule has 6 rings (SSSR count). The number of rotatable bonds is 6. The standard InChI is InChI=1S/C30H17Br2Cl2N3O3/c31-23-11-18(12-24(32)28(23)39-16-17-5-7-20(33)8-6-17)15-35-37-29(36-25-4-2-1-3-22(25)30(37)38)27-14-19-13-21(34)9-10-26(19)40-27/h1-15H,16H2. The lowest BCUT2D eigenvalue weighted by molar-refractivity contribution is 0.302. The van der Waals surface area contributed by atoms with Gasteiger partial charge in [0.25, 0.3) is 5.56 Å². The minimum atomic E-state index is -0.323. The lowest BCUT2D eigenvalue weighted by Crippen LogP contribution is -2.20. The van der Waals surface area contributed by atoms with E-state index in [1.807, 2.05) is 42.5 Å². The molecular formula is C30H17Br2Cl2N3O3. The average Bonchev–Trinajstić information content (AvgIpc) is 3.36. The van der Waals surface area contributed by atoms with Gasteiger partial charge in [0, 0.05) is 15.4 Å². The van der Waals surface area contributed by atoms with Gasteiger partial charge in [-0.1, -0.05) is 47.5 Å². The van der Waals surface area contributed by atoms with E-state index in [1.165, 1.54) is 4.68 Å². The molecular weight excluding hydrogens is 681 g/mol. The first-order valence-corrected chi connectivity index (χ1v) is 14.3. The number of hydrogen-bond acceptors (Lipinski definition) is 5. The Hall–Kier alpha value is -3.43. The summed E-state index contributed by atoms with van der Waals surface area (Å²) >= 11 is 19.3. The summed E-state index contributed by atoms with van der Waals surface area (Å²) in [6.07, 6.45) is 1.58. The lowest BCUT2D eigenvalue weighted by atomic mass is 10.2. The molecule has 0 saturated carbocycles. The van der Waals surface area contributed by atoms with E-state index >= 15 is 0 Å². The van der Waals surface area contributed by atoms with E-state index in [0.29, 0.717) is 44.6 Å². The molecule has 2 heterocycles. The van der Waals surface area contributed by atoms with Crippen molar-refractivity contribution >= 4 is 83.1 Å². The van der Waals surface area contributed by atoms with Crippen molar-refractivity contribution in [3.63, 3.8) is 0 Å². The Morgan fingerprint density at radius 1 is 0.925 bits per heavy atom. The summed E-state index contributed by atoms with van der Waals surface area (Å²) in [5.74, 6) is 1.30. The van der Waals surface area contributed by atoms with Gasteiger partial charge in [-0.2, -0.15) is 9.78 Å². The molecule has 0 N–H and O–H groups in total. The summed E-state index contributed by atoms with van der Waals surface area (Å²) < 4.78 is 14.7. The van der Waals surface area contributed by atoms with Gasteiger partial charge in [0.2, 0.25) is 5.82 Å². The summed E-state index contributed by atoms with van der Waals surface area (Å²) in [6.45, 7) is 0.367. The van der Waals surface area contributed by atoms with Crippen molar-refractivity contribution < 1.29 is 9.15 Å². The molecule has 0 radical (unpaired) electrons. The Bertz CT molecular complexity index is 1960. The Kier molecular flexibility index (Phi) is 7.51. The van der Waals surface area contributed by atoms with Crippen LogP contribution in [0.4, 0.5) is 0 Å². The topological polar surface area (TPSA) is 69.6 Å². The second kappa shape index (κ2) is 11.2. The Morgan fingerprint density at radius 3 is 2.42 bits per heavy atom. The van der Waals surface area contributed by atoms with Crippen molar-refractivity contribution in [3.8, 4) is 17.3 Å². The highest BCUT2D eigenvalue weighted by Crippen LogP contribution is 2.35. The fourth-order valence-electron chi connectivity index (χ4n) is 4.17. The fraction of sp³-hybridized carbons (Fsp3) is 0.0333. The largest absolute Gasteiger partial charge is 0.487 e. The molecule has 0 atom stereocenters. The lowest BCUT2D eigenvalue weighted by Gasteiger charge is -2.12. The van der Waals surface area contributed by atoms with E-state index < -0.39 is 0 Å². The van der Waals surface area contributed by atoms with Crippen molar-refractivity contribution in [2.24, 2.45) is 5.10 Å². The maximum atomic E-state index is 13.5. The number of nitrogens with zero attached hydrogens (tertiary/aromatic N) is 3. The molecule has 0 saturated heterocycles. The van der Waals surface area contributed by atoms with Crippen LogP contribution < -0.4 is 10.3 Å². The van der Waals surface area contributed by atoms with Gasteiger partial charge in [0.05, 0.1) is 26.1 Å². The number of hydrogen-bond donors (Lipinski definition) is 0. The van der Waals surface area contributed by atoms with Gasteiger partial charge in [-0.3, -0.25) is 4.79 Å². The van der Waals surface area contributed by atoms with E-state index in [1.54, 1.807) is 48.7 Å². The van der Waals surface area contributed by atoms with Gasteiger partial charge in [-0.25, -0.2) is 4.98 Å². The second-order valence-electron chi connectivity index (χ2n) is 8.84. The van der Waals surface area contributed by atoms with Crippen molar-refractivity contribution in [1.29, 1.82) is 0 Å². The summed E-state index contributed by atoms with van der Waals surface area (Å²) in [5.41, 5.74) is 2.55. The molecule has 198 valence electrons. The number of furan rings is 1. The van der Waals surface area contributed by atoms with Gasteiger partial charge in [-0.15, -0.1) is 0 Å². The summed E-state index contributed by atoms with van der Waals surface area (Å²) in [6, 6.07) is 25.4.